The van der Waals surface area contributed by atoms with Gasteiger partial charge in [0, 0.05) is 23.6 Å². The van der Waals surface area contributed by atoms with Crippen molar-refractivity contribution in [2.45, 2.75) is 59.4 Å². The molecule has 0 amide bonds. The van der Waals surface area contributed by atoms with Crippen LogP contribution in [-0.2, 0) is 23.1 Å². The molecule has 0 fully saturated rings. The van der Waals surface area contributed by atoms with Crippen LogP contribution < -0.4 is 9.47 Å². The second kappa shape index (κ2) is 18.1. The first-order valence-electron chi connectivity index (χ1n) is 13.5. The molecular formula is C34H40F3NO5. The fourth-order valence-corrected chi connectivity index (χ4v) is 3.79. The van der Waals surface area contributed by atoms with Gasteiger partial charge in [0.05, 0.1) is 0 Å². The zero-order valence-electron chi connectivity index (χ0n) is 25.3. The number of hydrogen-bond acceptors (Lipinski definition) is 4. The molecule has 0 bridgehead atoms. The number of aliphatic carboxylic acids is 1. The van der Waals surface area contributed by atoms with Gasteiger partial charge in [-0.15, -0.1) is 26.3 Å². The molecule has 0 aliphatic carbocycles. The molecule has 43 heavy (non-hydrogen) atoms. The van der Waals surface area contributed by atoms with Gasteiger partial charge < -0.3 is 19.1 Å². The number of carboxylic acids is 1. The molecule has 1 atom stereocenters. The molecule has 0 unspecified atom stereocenters. The Morgan fingerprint density at radius 3 is 2.30 bits per heavy atom. The van der Waals surface area contributed by atoms with Crippen LogP contribution in [0.2, 0.25) is 0 Å². The Labute approximate surface area is 251 Å². The van der Waals surface area contributed by atoms with Gasteiger partial charge in [-0.2, -0.15) is 0 Å². The summed E-state index contributed by atoms with van der Waals surface area (Å²) in [5, 5.41) is 9.66. The number of allylic oxidation sites excluding steroid dienone is 6. The summed E-state index contributed by atoms with van der Waals surface area (Å²) in [7, 11) is 1.85. The number of nitrogens with zero attached hydrogens (tertiary/aromatic N) is 1. The van der Waals surface area contributed by atoms with E-state index in [0.29, 0.717) is 17.6 Å². The monoisotopic (exact) mass is 599 g/mol. The molecule has 1 aromatic heterocycles. The minimum atomic E-state index is -4.76. The molecule has 0 aliphatic rings. The van der Waals surface area contributed by atoms with Crippen LogP contribution in [0.1, 0.15) is 50.4 Å². The lowest BCUT2D eigenvalue weighted by Gasteiger charge is -2.12. The molecule has 6 nitrogen and oxygen atoms in total. The largest absolute Gasteiger partial charge is 0.573 e. The highest BCUT2D eigenvalue weighted by atomic mass is 19.4. The Morgan fingerprint density at radius 2 is 1.77 bits per heavy atom. The predicted molar refractivity (Wildman–Crippen MR) is 166 cm³/mol. The Balaban J connectivity index is 0.000000549. The van der Waals surface area contributed by atoms with E-state index in [9.17, 15) is 22.8 Å². The lowest BCUT2D eigenvalue weighted by Crippen LogP contribution is -2.22. The second-order valence-electron chi connectivity index (χ2n) is 9.46. The summed E-state index contributed by atoms with van der Waals surface area (Å²) in [5.74, 6) is -0.932. The molecule has 0 aliphatic heterocycles. The van der Waals surface area contributed by atoms with Gasteiger partial charge in [0.15, 0.2) is 6.10 Å². The quantitative estimate of drug-likeness (QED) is 0.136. The van der Waals surface area contributed by atoms with E-state index in [2.05, 4.69) is 17.9 Å². The normalized spacial score (nSPS) is 12.0. The number of alkyl halides is 3. The van der Waals surface area contributed by atoms with E-state index in [-0.39, 0.29) is 5.75 Å². The van der Waals surface area contributed by atoms with Crippen molar-refractivity contribution in [2.75, 3.05) is 0 Å². The number of aromatic nitrogens is 1. The average molecular weight is 600 g/mol. The summed E-state index contributed by atoms with van der Waals surface area (Å²) in [6.07, 6.45) is 6.83. The van der Waals surface area contributed by atoms with Crippen molar-refractivity contribution in [1.29, 1.82) is 0 Å². The number of hydrogen-bond donors (Lipinski definition) is 1. The van der Waals surface area contributed by atoms with Crippen molar-refractivity contribution in [2.24, 2.45) is 7.05 Å². The Bertz CT molecular complexity index is 1430. The molecule has 3 aromatic rings. The highest BCUT2D eigenvalue weighted by Gasteiger charge is 2.31. The number of benzene rings is 2. The molecule has 1 heterocycles. The van der Waals surface area contributed by atoms with E-state index in [0.717, 1.165) is 47.0 Å². The van der Waals surface area contributed by atoms with Crippen molar-refractivity contribution >= 4 is 23.2 Å². The van der Waals surface area contributed by atoms with Crippen molar-refractivity contribution < 1.29 is 37.3 Å². The first-order valence-corrected chi connectivity index (χ1v) is 13.5. The number of ether oxygens (including phenoxy) is 2. The van der Waals surface area contributed by atoms with Crippen LogP contribution in [0, 0.1) is 6.92 Å². The summed E-state index contributed by atoms with van der Waals surface area (Å²) >= 11 is 0. The van der Waals surface area contributed by atoms with Crippen LogP contribution in [0.4, 0.5) is 13.2 Å². The van der Waals surface area contributed by atoms with Gasteiger partial charge in [0.1, 0.15) is 17.8 Å². The maximum absolute atomic E-state index is 12.6. The highest BCUT2D eigenvalue weighted by molar-refractivity contribution is 5.87. The smallest absolute Gasteiger partial charge is 0.479 e. The van der Waals surface area contributed by atoms with E-state index in [4.69, 9.17) is 9.84 Å². The molecule has 0 radical (unpaired) electrons. The summed E-state index contributed by atoms with van der Waals surface area (Å²) in [4.78, 5) is 21.0. The lowest BCUT2D eigenvalue weighted by atomic mass is 10.0. The molecule has 9 heteroatoms. The molecule has 3 rings (SSSR count). The standard InChI is InChI=1S/C21H20F3NO4.C8H12O.C5H8/c1-12-17(10-14-5-4-6-15(9-14)28-13(2)20(26)27)18-11-16(29-21(22,23)24)7-8-19(18)25(12)3;1-3-4-5-6-8(2)7-9;1-3-5-4-2/h4-9,11,13H,10H2,1-3H3,(H,26,27);3-4,6-7H,5H2,1-2H3;3-4H,1-2,5H2/b;4-3-,8-6+;/t13-;;/m1../s1. The van der Waals surface area contributed by atoms with Crippen LogP contribution in [0.5, 0.6) is 11.5 Å². The van der Waals surface area contributed by atoms with Crippen LogP contribution in [0.15, 0.2) is 91.6 Å². The van der Waals surface area contributed by atoms with Gasteiger partial charge in [-0.3, -0.25) is 4.79 Å². The van der Waals surface area contributed by atoms with Gasteiger partial charge in [-0.05, 0) is 94.0 Å². The van der Waals surface area contributed by atoms with E-state index in [1.165, 1.54) is 19.1 Å². The first-order chi connectivity index (χ1) is 20.3. The number of carboxylic acid groups (broad SMARTS) is 1. The maximum Gasteiger partial charge on any atom is 0.573 e. The second-order valence-corrected chi connectivity index (χ2v) is 9.46. The van der Waals surface area contributed by atoms with Gasteiger partial charge in [-0.25, -0.2) is 4.79 Å². The topological polar surface area (TPSA) is 77.8 Å². The van der Waals surface area contributed by atoms with E-state index < -0.39 is 18.4 Å². The molecule has 2 aromatic carbocycles. The minimum Gasteiger partial charge on any atom is -0.479 e. The van der Waals surface area contributed by atoms with Crippen LogP contribution in [0.3, 0.4) is 0 Å². The van der Waals surface area contributed by atoms with Crippen LogP contribution in [0.25, 0.3) is 10.9 Å². The van der Waals surface area contributed by atoms with Crippen LogP contribution >= 0.6 is 0 Å². The zero-order chi connectivity index (χ0) is 32.6. The molecular weight excluding hydrogens is 559 g/mol. The van der Waals surface area contributed by atoms with Crippen LogP contribution in [-0.4, -0.2) is 34.4 Å². The van der Waals surface area contributed by atoms with Crippen molar-refractivity contribution in [3.8, 4) is 11.5 Å². The fraction of sp³-hybridized carbons (Fsp3) is 0.294. The number of halogens is 3. The summed E-state index contributed by atoms with van der Waals surface area (Å²) in [5.41, 5.74) is 4.21. The number of aldehydes is 1. The number of rotatable bonds is 11. The van der Waals surface area contributed by atoms with E-state index >= 15 is 0 Å². The zero-order valence-corrected chi connectivity index (χ0v) is 25.3. The van der Waals surface area contributed by atoms with Crippen molar-refractivity contribution in [3.05, 3.63) is 108 Å². The summed E-state index contributed by atoms with van der Waals surface area (Å²) in [6.45, 7) is 14.1. The number of carbonyl (C=O) groups is 2. The molecule has 1 N–H and O–H groups in total. The minimum absolute atomic E-state index is 0.274. The van der Waals surface area contributed by atoms with Gasteiger partial charge in [0.2, 0.25) is 0 Å². The Morgan fingerprint density at radius 1 is 1.09 bits per heavy atom. The van der Waals surface area contributed by atoms with E-state index in [1.54, 1.807) is 31.2 Å². The predicted octanol–water partition coefficient (Wildman–Crippen LogP) is 8.67. The third kappa shape index (κ3) is 12.9. The number of aryl methyl sites for hydroxylation is 1. The average Bonchev–Trinajstić information content (AvgIpc) is 3.17. The van der Waals surface area contributed by atoms with E-state index in [1.807, 2.05) is 61.9 Å². The van der Waals surface area contributed by atoms with Gasteiger partial charge in [0.25, 0.3) is 0 Å². The molecule has 0 saturated carbocycles. The SMILES string of the molecule is C/C=C\C/C=C(\C)C=O.C=CCC=C.Cc1c(Cc2cccc(O[C@H](C)C(=O)O)c2)c2cc(OC(F)(F)F)ccc2n1C. The van der Waals surface area contributed by atoms with Gasteiger partial charge >= 0.3 is 12.3 Å². The molecule has 232 valence electrons. The fourth-order valence-electron chi connectivity index (χ4n) is 3.79. The number of fused-ring (bicyclic) bond motifs is 1. The highest BCUT2D eigenvalue weighted by Crippen LogP contribution is 2.33. The maximum atomic E-state index is 12.6. The summed E-state index contributed by atoms with van der Waals surface area (Å²) < 4.78 is 49.2. The van der Waals surface area contributed by atoms with Crippen molar-refractivity contribution in [3.63, 3.8) is 0 Å². The lowest BCUT2D eigenvalue weighted by molar-refractivity contribution is -0.274. The third-order valence-electron chi connectivity index (χ3n) is 6.10. The summed E-state index contributed by atoms with van der Waals surface area (Å²) in [6, 6.07) is 11.3. The third-order valence-corrected chi connectivity index (χ3v) is 6.10. The Kier molecular flexibility index (Phi) is 15.4. The van der Waals surface area contributed by atoms with Crippen molar-refractivity contribution in [1.82, 2.24) is 4.57 Å². The Hall–Kier alpha value is -4.53. The molecule has 0 spiro atoms. The number of carbonyl (C=O) groups excluding carboxylic acids is 1. The van der Waals surface area contributed by atoms with Gasteiger partial charge in [-0.1, -0.05) is 42.5 Å². The molecule has 0 saturated heterocycles. The first kappa shape index (κ1) is 36.5.